The number of likely N-dealkylation sites (N-methyl/N-ethyl adjacent to an activating group) is 1. The standard InChI is InChI=1S/C18H20N4O/c1-13-7-6-10-22-12-15(20-17(13)22)18(23)21(2)16(11-19)14-8-4-3-5-9-14/h3-10,12,16H,11,19H2,1-2H3. The number of benzene rings is 1. The van der Waals surface area contributed by atoms with Crippen molar-refractivity contribution in [2.75, 3.05) is 13.6 Å². The Bertz CT molecular complexity index is 825. The fourth-order valence-electron chi connectivity index (χ4n) is 2.77. The maximum Gasteiger partial charge on any atom is 0.274 e. The summed E-state index contributed by atoms with van der Waals surface area (Å²) in [5.41, 5.74) is 9.18. The van der Waals surface area contributed by atoms with E-state index in [1.165, 1.54) is 0 Å². The van der Waals surface area contributed by atoms with E-state index in [0.717, 1.165) is 16.8 Å². The van der Waals surface area contributed by atoms with Crippen molar-refractivity contribution in [1.29, 1.82) is 0 Å². The molecule has 0 fully saturated rings. The molecule has 0 aliphatic rings. The molecule has 5 nitrogen and oxygen atoms in total. The molecule has 1 aromatic carbocycles. The Hall–Kier alpha value is -2.66. The van der Waals surface area contributed by atoms with Crippen molar-refractivity contribution in [3.05, 3.63) is 71.7 Å². The van der Waals surface area contributed by atoms with Gasteiger partial charge in [0.25, 0.3) is 5.91 Å². The van der Waals surface area contributed by atoms with Crippen molar-refractivity contribution >= 4 is 11.6 Å². The lowest BCUT2D eigenvalue weighted by atomic mass is 10.1. The van der Waals surface area contributed by atoms with E-state index in [1.54, 1.807) is 18.1 Å². The second-order valence-corrected chi connectivity index (χ2v) is 5.63. The monoisotopic (exact) mass is 308 g/mol. The van der Waals surface area contributed by atoms with Crippen LogP contribution in [0.25, 0.3) is 5.65 Å². The van der Waals surface area contributed by atoms with Crippen molar-refractivity contribution in [2.45, 2.75) is 13.0 Å². The number of nitrogens with two attached hydrogens (primary N) is 1. The zero-order chi connectivity index (χ0) is 16.4. The topological polar surface area (TPSA) is 63.6 Å². The number of carbonyl (C=O) groups is 1. The van der Waals surface area contributed by atoms with Crippen LogP contribution in [-0.4, -0.2) is 33.8 Å². The number of aromatic nitrogens is 2. The summed E-state index contributed by atoms with van der Waals surface area (Å²) in [5, 5.41) is 0. The summed E-state index contributed by atoms with van der Waals surface area (Å²) < 4.78 is 1.87. The third-order valence-electron chi connectivity index (χ3n) is 4.09. The molecule has 0 saturated carbocycles. The van der Waals surface area contributed by atoms with E-state index in [0.29, 0.717) is 12.2 Å². The number of hydrogen-bond donors (Lipinski definition) is 1. The molecule has 118 valence electrons. The highest BCUT2D eigenvalue weighted by Gasteiger charge is 2.23. The van der Waals surface area contributed by atoms with Crippen LogP contribution in [0, 0.1) is 6.92 Å². The summed E-state index contributed by atoms with van der Waals surface area (Å²) in [7, 11) is 1.77. The highest BCUT2D eigenvalue weighted by molar-refractivity contribution is 5.93. The first-order valence-electron chi connectivity index (χ1n) is 7.58. The molecule has 3 rings (SSSR count). The minimum Gasteiger partial charge on any atom is -0.332 e. The first-order valence-corrected chi connectivity index (χ1v) is 7.58. The number of hydrogen-bond acceptors (Lipinski definition) is 3. The zero-order valence-corrected chi connectivity index (χ0v) is 13.3. The molecule has 2 heterocycles. The van der Waals surface area contributed by atoms with Crippen LogP contribution in [-0.2, 0) is 0 Å². The summed E-state index contributed by atoms with van der Waals surface area (Å²) in [5.74, 6) is -0.132. The first-order chi connectivity index (χ1) is 11.1. The number of aryl methyl sites for hydroxylation is 1. The molecule has 1 atom stereocenters. The third-order valence-corrected chi connectivity index (χ3v) is 4.09. The van der Waals surface area contributed by atoms with Crippen LogP contribution in [0.2, 0.25) is 0 Å². The molecular formula is C18H20N4O. The number of pyridine rings is 1. The van der Waals surface area contributed by atoms with Gasteiger partial charge in [-0.15, -0.1) is 0 Å². The summed E-state index contributed by atoms with van der Waals surface area (Å²) in [6, 6.07) is 13.6. The lowest BCUT2D eigenvalue weighted by Crippen LogP contribution is -2.35. The number of rotatable bonds is 4. The highest BCUT2D eigenvalue weighted by atomic mass is 16.2. The van der Waals surface area contributed by atoms with E-state index in [-0.39, 0.29) is 11.9 Å². The van der Waals surface area contributed by atoms with E-state index in [1.807, 2.05) is 60.0 Å². The Morgan fingerprint density at radius 1 is 1.26 bits per heavy atom. The van der Waals surface area contributed by atoms with Crippen LogP contribution < -0.4 is 5.73 Å². The number of nitrogens with zero attached hydrogens (tertiary/aromatic N) is 3. The molecule has 2 aromatic heterocycles. The van der Waals surface area contributed by atoms with Crippen LogP contribution >= 0.6 is 0 Å². The molecule has 2 N–H and O–H groups in total. The normalized spacial score (nSPS) is 12.3. The molecule has 5 heteroatoms. The fraction of sp³-hybridized carbons (Fsp3) is 0.222. The van der Waals surface area contributed by atoms with Crippen molar-refractivity contribution in [3.63, 3.8) is 0 Å². The van der Waals surface area contributed by atoms with Crippen LogP contribution in [0.3, 0.4) is 0 Å². The largest absolute Gasteiger partial charge is 0.332 e. The average Bonchev–Trinajstić information content (AvgIpc) is 3.01. The lowest BCUT2D eigenvalue weighted by molar-refractivity contribution is 0.0730. The third kappa shape index (κ3) is 2.83. The Morgan fingerprint density at radius 2 is 2.00 bits per heavy atom. The van der Waals surface area contributed by atoms with Crippen LogP contribution in [0.4, 0.5) is 0 Å². The van der Waals surface area contributed by atoms with E-state index in [9.17, 15) is 4.79 Å². The molecule has 0 bridgehead atoms. The maximum atomic E-state index is 12.8. The molecule has 0 spiro atoms. The number of fused-ring (bicyclic) bond motifs is 1. The molecule has 0 aliphatic carbocycles. The van der Waals surface area contributed by atoms with Gasteiger partial charge >= 0.3 is 0 Å². The first kappa shape index (κ1) is 15.2. The Kier molecular flexibility index (Phi) is 4.12. The molecule has 0 saturated heterocycles. The summed E-state index contributed by atoms with van der Waals surface area (Å²) in [4.78, 5) is 18.9. The number of imidazole rings is 1. The molecule has 1 amide bonds. The van der Waals surface area contributed by atoms with Gasteiger partial charge < -0.3 is 15.0 Å². The van der Waals surface area contributed by atoms with Gasteiger partial charge in [-0.25, -0.2) is 4.98 Å². The average molecular weight is 308 g/mol. The lowest BCUT2D eigenvalue weighted by Gasteiger charge is -2.26. The van der Waals surface area contributed by atoms with Gasteiger partial charge in [-0.1, -0.05) is 36.4 Å². The van der Waals surface area contributed by atoms with Crippen LogP contribution in [0.1, 0.15) is 27.7 Å². The Morgan fingerprint density at radius 3 is 2.65 bits per heavy atom. The minimum atomic E-state index is -0.172. The van der Waals surface area contributed by atoms with Gasteiger partial charge in [0.1, 0.15) is 11.3 Å². The van der Waals surface area contributed by atoms with E-state index >= 15 is 0 Å². The number of carbonyl (C=O) groups excluding carboxylic acids is 1. The second kappa shape index (κ2) is 6.22. The molecule has 23 heavy (non-hydrogen) atoms. The van der Waals surface area contributed by atoms with E-state index in [4.69, 9.17) is 5.73 Å². The molecular weight excluding hydrogens is 288 g/mol. The highest BCUT2D eigenvalue weighted by Crippen LogP contribution is 2.20. The molecule has 1 unspecified atom stereocenters. The van der Waals surface area contributed by atoms with Gasteiger partial charge in [0.2, 0.25) is 0 Å². The molecule has 0 radical (unpaired) electrons. The molecule has 3 aromatic rings. The van der Waals surface area contributed by atoms with Gasteiger partial charge in [0.15, 0.2) is 0 Å². The van der Waals surface area contributed by atoms with Crippen molar-refractivity contribution < 1.29 is 4.79 Å². The summed E-state index contributed by atoms with van der Waals surface area (Å²) in [6.45, 7) is 2.34. The second-order valence-electron chi connectivity index (χ2n) is 5.63. The van der Waals surface area contributed by atoms with Crippen LogP contribution in [0.5, 0.6) is 0 Å². The summed E-state index contributed by atoms with van der Waals surface area (Å²) >= 11 is 0. The Balaban J connectivity index is 1.92. The molecule has 0 aliphatic heterocycles. The van der Waals surface area contributed by atoms with Gasteiger partial charge in [-0.2, -0.15) is 0 Å². The van der Waals surface area contributed by atoms with Gasteiger partial charge in [0, 0.05) is 26.0 Å². The fourth-order valence-corrected chi connectivity index (χ4v) is 2.77. The zero-order valence-electron chi connectivity index (χ0n) is 13.3. The predicted molar refractivity (Wildman–Crippen MR) is 90.3 cm³/mol. The maximum absolute atomic E-state index is 12.8. The predicted octanol–water partition coefficient (Wildman–Crippen LogP) is 2.41. The van der Waals surface area contributed by atoms with Gasteiger partial charge in [-0.05, 0) is 24.1 Å². The van der Waals surface area contributed by atoms with Crippen LogP contribution in [0.15, 0.2) is 54.9 Å². The Labute approximate surface area is 135 Å². The van der Waals surface area contributed by atoms with Crippen molar-refractivity contribution in [3.8, 4) is 0 Å². The minimum absolute atomic E-state index is 0.132. The van der Waals surface area contributed by atoms with Crippen molar-refractivity contribution in [1.82, 2.24) is 14.3 Å². The number of amides is 1. The van der Waals surface area contributed by atoms with Gasteiger partial charge in [-0.3, -0.25) is 4.79 Å². The summed E-state index contributed by atoms with van der Waals surface area (Å²) in [6.07, 6.45) is 3.66. The van der Waals surface area contributed by atoms with Gasteiger partial charge in [0.05, 0.1) is 6.04 Å². The quantitative estimate of drug-likeness (QED) is 0.805. The van der Waals surface area contributed by atoms with E-state index < -0.39 is 0 Å². The smallest absolute Gasteiger partial charge is 0.274 e. The van der Waals surface area contributed by atoms with Crippen molar-refractivity contribution in [2.24, 2.45) is 5.73 Å². The van der Waals surface area contributed by atoms with E-state index in [2.05, 4.69) is 4.98 Å². The SMILES string of the molecule is Cc1cccn2cc(C(=O)N(C)C(CN)c3ccccc3)nc12.